The number of nitrogens with one attached hydrogen (secondary N) is 1. The molecule has 1 unspecified atom stereocenters. The first-order chi connectivity index (χ1) is 13.2. The molecular weight excluding hydrogens is 334 g/mol. The van der Waals surface area contributed by atoms with E-state index in [1.54, 1.807) is 6.08 Å². The van der Waals surface area contributed by atoms with Crippen LogP contribution in [-0.4, -0.2) is 36.2 Å². The fraction of sp³-hybridized carbons (Fsp3) is 0.217. The third-order valence-corrected chi connectivity index (χ3v) is 5.03. The van der Waals surface area contributed by atoms with E-state index in [0.29, 0.717) is 25.3 Å². The zero-order valence-corrected chi connectivity index (χ0v) is 15.5. The van der Waals surface area contributed by atoms with Crippen LogP contribution in [-0.2, 0) is 4.79 Å². The van der Waals surface area contributed by atoms with E-state index in [2.05, 4.69) is 55.2 Å². The number of hydrogen-bond donors (Lipinski definition) is 1. The minimum atomic E-state index is -0.171. The van der Waals surface area contributed by atoms with Gasteiger partial charge in [-0.15, -0.1) is 6.58 Å². The highest BCUT2D eigenvalue weighted by Crippen LogP contribution is 2.39. The number of aryl methyl sites for hydroxylation is 1. The fourth-order valence-electron chi connectivity index (χ4n) is 3.79. The normalized spacial score (nSPS) is 19.3. The molecule has 0 aliphatic carbocycles. The van der Waals surface area contributed by atoms with E-state index >= 15 is 0 Å². The summed E-state index contributed by atoms with van der Waals surface area (Å²) >= 11 is 0. The Labute approximate surface area is 159 Å². The molecular formula is C23H23N3O. The van der Waals surface area contributed by atoms with Crippen LogP contribution < -0.4 is 5.32 Å². The van der Waals surface area contributed by atoms with Crippen molar-refractivity contribution >= 4 is 11.6 Å². The SMILES string of the molecule is C=CCN1C(=O)C2=C(C(c3ccccc3)=NCCN2)C1c1ccc(C)cc1. The molecule has 2 aromatic rings. The van der Waals surface area contributed by atoms with Crippen molar-refractivity contribution in [1.82, 2.24) is 10.2 Å². The van der Waals surface area contributed by atoms with Gasteiger partial charge in [-0.05, 0) is 12.5 Å². The molecule has 4 rings (SSSR count). The number of carbonyl (C=O) groups excluding carboxylic acids is 1. The van der Waals surface area contributed by atoms with E-state index in [0.717, 1.165) is 22.4 Å². The fourth-order valence-corrected chi connectivity index (χ4v) is 3.79. The van der Waals surface area contributed by atoms with Crippen LogP contribution in [0.4, 0.5) is 0 Å². The second kappa shape index (κ2) is 7.23. The predicted molar refractivity (Wildman–Crippen MR) is 109 cm³/mol. The Balaban J connectivity index is 1.90. The van der Waals surface area contributed by atoms with Crippen LogP contribution in [0.1, 0.15) is 22.7 Å². The average Bonchev–Trinajstić information content (AvgIpc) is 2.85. The second-order valence-electron chi connectivity index (χ2n) is 6.87. The van der Waals surface area contributed by atoms with E-state index in [-0.39, 0.29) is 11.9 Å². The highest BCUT2D eigenvalue weighted by molar-refractivity contribution is 6.19. The number of aliphatic imine (C=N–C) groups is 1. The van der Waals surface area contributed by atoms with Gasteiger partial charge < -0.3 is 10.2 Å². The molecule has 0 bridgehead atoms. The van der Waals surface area contributed by atoms with Gasteiger partial charge in [0, 0.05) is 24.2 Å². The number of carbonyl (C=O) groups is 1. The van der Waals surface area contributed by atoms with Gasteiger partial charge in [-0.2, -0.15) is 0 Å². The number of rotatable bonds is 4. The summed E-state index contributed by atoms with van der Waals surface area (Å²) in [4.78, 5) is 19.9. The summed E-state index contributed by atoms with van der Waals surface area (Å²) in [5.74, 6) is 0.0148. The topological polar surface area (TPSA) is 44.7 Å². The lowest BCUT2D eigenvalue weighted by Gasteiger charge is -2.27. The van der Waals surface area contributed by atoms with Crippen molar-refractivity contribution in [2.24, 2.45) is 4.99 Å². The van der Waals surface area contributed by atoms with Crippen LogP contribution in [0.5, 0.6) is 0 Å². The van der Waals surface area contributed by atoms with Crippen molar-refractivity contribution in [1.29, 1.82) is 0 Å². The summed E-state index contributed by atoms with van der Waals surface area (Å²) in [6.07, 6.45) is 1.78. The maximum Gasteiger partial charge on any atom is 0.271 e. The number of amides is 1. The van der Waals surface area contributed by atoms with E-state index < -0.39 is 0 Å². The van der Waals surface area contributed by atoms with Gasteiger partial charge in [0.05, 0.1) is 18.3 Å². The second-order valence-corrected chi connectivity index (χ2v) is 6.87. The molecule has 2 aliphatic heterocycles. The molecule has 1 amide bonds. The summed E-state index contributed by atoms with van der Waals surface area (Å²) in [5.41, 5.74) is 5.87. The smallest absolute Gasteiger partial charge is 0.271 e. The highest BCUT2D eigenvalue weighted by Gasteiger charge is 2.42. The molecule has 4 heteroatoms. The first kappa shape index (κ1) is 17.3. The zero-order chi connectivity index (χ0) is 18.8. The average molecular weight is 357 g/mol. The number of hydrogen-bond acceptors (Lipinski definition) is 3. The standard InChI is InChI=1S/C23H23N3O/c1-3-15-26-22(18-11-9-16(2)10-12-18)19-20(17-7-5-4-6-8-17)24-13-14-25-21(19)23(26)27/h3-12,22,25H,1,13-15H2,2H3. The quantitative estimate of drug-likeness (QED) is 0.853. The van der Waals surface area contributed by atoms with Crippen LogP contribution in [0, 0.1) is 6.92 Å². The summed E-state index contributed by atoms with van der Waals surface area (Å²) < 4.78 is 0. The maximum absolute atomic E-state index is 13.2. The first-order valence-corrected chi connectivity index (χ1v) is 9.27. The largest absolute Gasteiger partial charge is 0.378 e. The van der Waals surface area contributed by atoms with Gasteiger partial charge in [-0.3, -0.25) is 9.79 Å². The van der Waals surface area contributed by atoms with Crippen molar-refractivity contribution in [2.75, 3.05) is 19.6 Å². The molecule has 0 fully saturated rings. The van der Waals surface area contributed by atoms with Crippen LogP contribution in [0.15, 0.2) is 83.5 Å². The Bertz CT molecular complexity index is 926. The Morgan fingerprint density at radius 1 is 1.19 bits per heavy atom. The minimum absolute atomic E-state index is 0.0148. The molecule has 0 aromatic heterocycles. The van der Waals surface area contributed by atoms with E-state index in [1.165, 1.54) is 5.56 Å². The molecule has 0 spiro atoms. The van der Waals surface area contributed by atoms with Crippen LogP contribution in [0.3, 0.4) is 0 Å². The summed E-state index contributed by atoms with van der Waals surface area (Å²) in [7, 11) is 0. The number of benzene rings is 2. The first-order valence-electron chi connectivity index (χ1n) is 9.27. The molecule has 27 heavy (non-hydrogen) atoms. The molecule has 2 aliphatic rings. The minimum Gasteiger partial charge on any atom is -0.378 e. The lowest BCUT2D eigenvalue weighted by Crippen LogP contribution is -2.33. The van der Waals surface area contributed by atoms with E-state index in [4.69, 9.17) is 4.99 Å². The lowest BCUT2D eigenvalue weighted by molar-refractivity contribution is -0.126. The van der Waals surface area contributed by atoms with E-state index in [9.17, 15) is 4.79 Å². The molecule has 2 heterocycles. The molecule has 4 nitrogen and oxygen atoms in total. The molecule has 0 saturated carbocycles. The third kappa shape index (κ3) is 3.08. The predicted octanol–water partition coefficient (Wildman–Crippen LogP) is 3.41. The van der Waals surface area contributed by atoms with Gasteiger partial charge >= 0.3 is 0 Å². The van der Waals surface area contributed by atoms with Gasteiger partial charge in [-0.25, -0.2) is 0 Å². The molecule has 1 N–H and O–H groups in total. The third-order valence-electron chi connectivity index (χ3n) is 5.03. The molecule has 2 aromatic carbocycles. The van der Waals surface area contributed by atoms with Gasteiger partial charge in [-0.1, -0.05) is 66.2 Å². The summed E-state index contributed by atoms with van der Waals surface area (Å²) in [6, 6.07) is 18.3. The van der Waals surface area contributed by atoms with Gasteiger partial charge in [0.15, 0.2) is 0 Å². The van der Waals surface area contributed by atoms with E-state index in [1.807, 2.05) is 23.1 Å². The van der Waals surface area contributed by atoms with Crippen molar-refractivity contribution in [3.05, 3.63) is 95.2 Å². The Morgan fingerprint density at radius 2 is 1.93 bits per heavy atom. The Kier molecular flexibility index (Phi) is 4.63. The van der Waals surface area contributed by atoms with Crippen LogP contribution in [0.2, 0.25) is 0 Å². The molecule has 0 saturated heterocycles. The monoisotopic (exact) mass is 357 g/mol. The highest BCUT2D eigenvalue weighted by atomic mass is 16.2. The van der Waals surface area contributed by atoms with Crippen molar-refractivity contribution in [3.8, 4) is 0 Å². The van der Waals surface area contributed by atoms with Gasteiger partial charge in [0.25, 0.3) is 5.91 Å². The van der Waals surface area contributed by atoms with Crippen LogP contribution in [0.25, 0.3) is 0 Å². The van der Waals surface area contributed by atoms with Crippen molar-refractivity contribution in [2.45, 2.75) is 13.0 Å². The van der Waals surface area contributed by atoms with Gasteiger partial charge in [0.1, 0.15) is 5.70 Å². The van der Waals surface area contributed by atoms with Gasteiger partial charge in [0.2, 0.25) is 0 Å². The van der Waals surface area contributed by atoms with Crippen molar-refractivity contribution in [3.63, 3.8) is 0 Å². The lowest BCUT2D eigenvalue weighted by atomic mass is 9.91. The molecule has 1 atom stereocenters. The zero-order valence-electron chi connectivity index (χ0n) is 15.5. The Hall–Kier alpha value is -3.14. The number of nitrogens with zero attached hydrogens (tertiary/aromatic N) is 2. The van der Waals surface area contributed by atoms with Crippen molar-refractivity contribution < 1.29 is 4.79 Å². The summed E-state index contributed by atoms with van der Waals surface area (Å²) in [5, 5.41) is 3.33. The molecule has 136 valence electrons. The Morgan fingerprint density at radius 3 is 2.63 bits per heavy atom. The van der Waals surface area contributed by atoms with Crippen LogP contribution >= 0.6 is 0 Å². The maximum atomic E-state index is 13.2. The summed E-state index contributed by atoms with van der Waals surface area (Å²) in [6.45, 7) is 7.72. The molecule has 0 radical (unpaired) electrons.